The van der Waals surface area contributed by atoms with Gasteiger partial charge in [0.05, 0.1) is 0 Å². The van der Waals surface area contributed by atoms with Gasteiger partial charge >= 0.3 is 5.97 Å². The van der Waals surface area contributed by atoms with E-state index in [9.17, 15) is 4.79 Å². The lowest BCUT2D eigenvalue weighted by molar-refractivity contribution is -0.143. The lowest BCUT2D eigenvalue weighted by atomic mass is 10.1. The van der Waals surface area contributed by atoms with Crippen LogP contribution in [0.4, 0.5) is 0 Å². The van der Waals surface area contributed by atoms with Crippen LogP contribution in [0.25, 0.3) is 0 Å². The molecule has 0 saturated carbocycles. The number of ether oxygens (including phenoxy) is 1. The fourth-order valence-electron chi connectivity index (χ4n) is 1.75. The average molecular weight is 238 g/mol. The summed E-state index contributed by atoms with van der Waals surface area (Å²) in [6.07, 6.45) is 2.11. The van der Waals surface area contributed by atoms with E-state index in [4.69, 9.17) is 4.74 Å². The standard InChI is InChI=1S/C16H14O2/c1-13(17)18-16-10-4-2-3-7-14-8-5-6-9-15(14)11-12-16/h5-6,8-9,16H,2,4,10H2,1H3. The summed E-state index contributed by atoms with van der Waals surface area (Å²) >= 11 is 0. The Morgan fingerprint density at radius 1 is 1.28 bits per heavy atom. The first kappa shape index (κ1) is 12.3. The van der Waals surface area contributed by atoms with E-state index < -0.39 is 0 Å². The summed E-state index contributed by atoms with van der Waals surface area (Å²) in [4.78, 5) is 11.0. The van der Waals surface area contributed by atoms with Crippen LogP contribution in [0.15, 0.2) is 24.3 Å². The van der Waals surface area contributed by atoms with Crippen LogP contribution in [0.3, 0.4) is 0 Å². The van der Waals surface area contributed by atoms with Gasteiger partial charge in [-0.1, -0.05) is 35.8 Å². The molecule has 0 spiro atoms. The molecule has 18 heavy (non-hydrogen) atoms. The highest BCUT2D eigenvalue weighted by atomic mass is 16.5. The number of benzene rings is 1. The molecule has 2 rings (SSSR count). The molecular formula is C16H14O2. The Bertz CT molecular complexity index is 564. The van der Waals surface area contributed by atoms with Gasteiger partial charge in [-0.25, -0.2) is 0 Å². The van der Waals surface area contributed by atoms with E-state index >= 15 is 0 Å². The summed E-state index contributed by atoms with van der Waals surface area (Å²) in [5.41, 5.74) is 1.83. The maximum absolute atomic E-state index is 11.0. The molecule has 0 aliphatic heterocycles. The van der Waals surface area contributed by atoms with Crippen LogP contribution in [-0.2, 0) is 9.53 Å². The third-order valence-corrected chi connectivity index (χ3v) is 2.59. The molecule has 2 nitrogen and oxygen atoms in total. The summed E-state index contributed by atoms with van der Waals surface area (Å²) < 4.78 is 5.18. The quantitative estimate of drug-likeness (QED) is 0.555. The molecule has 1 aliphatic carbocycles. The van der Waals surface area contributed by atoms with E-state index in [2.05, 4.69) is 23.7 Å². The van der Waals surface area contributed by atoms with Crippen LogP contribution in [0.2, 0.25) is 0 Å². The Hall–Kier alpha value is -2.19. The molecule has 1 aliphatic rings. The molecule has 1 unspecified atom stereocenters. The highest BCUT2D eigenvalue weighted by Crippen LogP contribution is 2.10. The first-order valence-corrected chi connectivity index (χ1v) is 6.02. The van der Waals surface area contributed by atoms with Crippen LogP contribution >= 0.6 is 0 Å². The predicted molar refractivity (Wildman–Crippen MR) is 69.6 cm³/mol. The lowest BCUT2D eigenvalue weighted by Crippen LogP contribution is -2.14. The van der Waals surface area contributed by atoms with Crippen molar-refractivity contribution in [1.82, 2.24) is 0 Å². The molecule has 0 bridgehead atoms. The van der Waals surface area contributed by atoms with Gasteiger partial charge in [0.25, 0.3) is 0 Å². The Labute approximate surface area is 107 Å². The van der Waals surface area contributed by atoms with Crippen LogP contribution < -0.4 is 0 Å². The number of rotatable bonds is 1. The third-order valence-electron chi connectivity index (χ3n) is 2.59. The SMILES string of the molecule is CC(=O)OC1C#Cc2ccccc2C#CCCC1. The molecule has 1 aromatic rings. The van der Waals surface area contributed by atoms with Gasteiger partial charge in [0, 0.05) is 24.5 Å². The minimum Gasteiger partial charge on any atom is -0.449 e. The fraction of sp³-hybridized carbons (Fsp3) is 0.312. The molecule has 90 valence electrons. The normalized spacial score (nSPS) is 17.3. The topological polar surface area (TPSA) is 26.3 Å². The Kier molecular flexibility index (Phi) is 4.05. The number of hydrogen-bond acceptors (Lipinski definition) is 2. The number of fused-ring (bicyclic) bond motifs is 1. The lowest BCUT2D eigenvalue weighted by Gasteiger charge is -2.10. The fourth-order valence-corrected chi connectivity index (χ4v) is 1.75. The smallest absolute Gasteiger partial charge is 0.303 e. The molecule has 1 atom stereocenters. The monoisotopic (exact) mass is 238 g/mol. The zero-order valence-electron chi connectivity index (χ0n) is 10.3. The van der Waals surface area contributed by atoms with E-state index in [1.165, 1.54) is 6.92 Å². The van der Waals surface area contributed by atoms with Crippen molar-refractivity contribution in [1.29, 1.82) is 0 Å². The Morgan fingerprint density at radius 2 is 2.00 bits per heavy atom. The molecule has 0 radical (unpaired) electrons. The summed E-state index contributed by atoms with van der Waals surface area (Å²) in [5.74, 6) is 12.0. The van der Waals surface area contributed by atoms with E-state index in [1.807, 2.05) is 24.3 Å². The van der Waals surface area contributed by atoms with Gasteiger partial charge in [-0.3, -0.25) is 4.79 Å². The minimum atomic E-state index is -0.324. The van der Waals surface area contributed by atoms with Crippen molar-refractivity contribution in [2.75, 3.05) is 0 Å². The zero-order chi connectivity index (χ0) is 12.8. The average Bonchev–Trinajstić information content (AvgIpc) is 2.36. The predicted octanol–water partition coefficient (Wildman–Crippen LogP) is 2.51. The molecule has 0 N–H and O–H groups in total. The molecule has 0 fully saturated rings. The van der Waals surface area contributed by atoms with Gasteiger partial charge in [0.1, 0.15) is 0 Å². The van der Waals surface area contributed by atoms with Crippen molar-refractivity contribution in [2.24, 2.45) is 0 Å². The number of hydrogen-bond donors (Lipinski definition) is 0. The second-order valence-electron chi connectivity index (χ2n) is 4.11. The van der Waals surface area contributed by atoms with Crippen molar-refractivity contribution in [3.63, 3.8) is 0 Å². The van der Waals surface area contributed by atoms with Gasteiger partial charge < -0.3 is 4.74 Å². The van der Waals surface area contributed by atoms with Gasteiger partial charge in [-0.15, -0.1) is 0 Å². The molecule has 0 heterocycles. The molecular weight excluding hydrogens is 224 g/mol. The largest absolute Gasteiger partial charge is 0.449 e. The molecule has 2 heteroatoms. The highest BCUT2D eigenvalue weighted by molar-refractivity contribution is 5.66. The summed E-state index contributed by atoms with van der Waals surface area (Å²) in [5, 5.41) is 0. The molecule has 1 aromatic carbocycles. The Morgan fingerprint density at radius 3 is 2.72 bits per heavy atom. The van der Waals surface area contributed by atoms with Crippen molar-refractivity contribution in [3.8, 4) is 23.7 Å². The van der Waals surface area contributed by atoms with E-state index in [-0.39, 0.29) is 12.1 Å². The summed E-state index contributed by atoms with van der Waals surface area (Å²) in [7, 11) is 0. The van der Waals surface area contributed by atoms with Crippen molar-refractivity contribution in [2.45, 2.75) is 32.3 Å². The first-order chi connectivity index (χ1) is 8.75. The minimum absolute atomic E-state index is 0.286. The van der Waals surface area contributed by atoms with Gasteiger partial charge in [-0.05, 0) is 25.0 Å². The molecule has 0 aromatic heterocycles. The van der Waals surface area contributed by atoms with E-state index in [1.54, 1.807) is 0 Å². The Balaban J connectivity index is 2.30. The maximum atomic E-state index is 11.0. The number of carbonyl (C=O) groups is 1. The van der Waals surface area contributed by atoms with Gasteiger partial charge in [0.15, 0.2) is 6.10 Å². The van der Waals surface area contributed by atoms with Crippen LogP contribution in [0.5, 0.6) is 0 Å². The summed E-state index contributed by atoms with van der Waals surface area (Å²) in [6.45, 7) is 1.41. The van der Waals surface area contributed by atoms with Gasteiger partial charge in [0.2, 0.25) is 0 Å². The van der Waals surface area contributed by atoms with Crippen LogP contribution in [0, 0.1) is 23.7 Å². The summed E-state index contributed by atoms with van der Waals surface area (Å²) in [6, 6.07) is 7.77. The third kappa shape index (κ3) is 3.40. The van der Waals surface area contributed by atoms with Gasteiger partial charge in [-0.2, -0.15) is 0 Å². The second-order valence-corrected chi connectivity index (χ2v) is 4.11. The number of esters is 1. The van der Waals surface area contributed by atoms with E-state index in [0.29, 0.717) is 0 Å². The molecule has 0 saturated heterocycles. The number of carbonyl (C=O) groups excluding carboxylic acids is 1. The first-order valence-electron chi connectivity index (χ1n) is 6.02. The van der Waals surface area contributed by atoms with Crippen LogP contribution in [-0.4, -0.2) is 12.1 Å². The second kappa shape index (κ2) is 5.94. The maximum Gasteiger partial charge on any atom is 0.303 e. The van der Waals surface area contributed by atoms with Crippen molar-refractivity contribution < 1.29 is 9.53 Å². The highest BCUT2D eigenvalue weighted by Gasteiger charge is 2.08. The zero-order valence-corrected chi connectivity index (χ0v) is 10.3. The van der Waals surface area contributed by atoms with E-state index in [0.717, 1.165) is 30.4 Å². The van der Waals surface area contributed by atoms with Crippen molar-refractivity contribution >= 4 is 5.97 Å². The van der Waals surface area contributed by atoms with Crippen LogP contribution in [0.1, 0.15) is 37.3 Å². The van der Waals surface area contributed by atoms with Crippen molar-refractivity contribution in [3.05, 3.63) is 35.4 Å². The molecule has 0 amide bonds.